The van der Waals surface area contributed by atoms with Gasteiger partial charge in [0.2, 0.25) is 5.91 Å². The molecule has 3 heteroatoms. The lowest BCUT2D eigenvalue weighted by atomic mass is 10.0. The van der Waals surface area contributed by atoms with Crippen LogP contribution in [0.3, 0.4) is 0 Å². The smallest absolute Gasteiger partial charge is 0.227 e. The molecule has 0 heterocycles. The van der Waals surface area contributed by atoms with E-state index in [1.807, 2.05) is 24.8 Å². The number of rotatable bonds is 5. The third kappa shape index (κ3) is 3.84. The van der Waals surface area contributed by atoms with Gasteiger partial charge in [0.25, 0.3) is 0 Å². The Balaban J connectivity index is 2.76. The Morgan fingerprint density at radius 1 is 1.28 bits per heavy atom. The zero-order valence-corrected chi connectivity index (χ0v) is 11.9. The first-order chi connectivity index (χ1) is 8.45. The molecule has 0 radical (unpaired) electrons. The normalized spacial score (nSPS) is 10.8. The van der Waals surface area contributed by atoms with Crippen LogP contribution in [0.2, 0.25) is 0 Å². The maximum Gasteiger partial charge on any atom is 0.227 e. The maximum atomic E-state index is 12.2. The van der Waals surface area contributed by atoms with Gasteiger partial charge in [-0.1, -0.05) is 18.2 Å². The van der Waals surface area contributed by atoms with Crippen LogP contribution in [-0.4, -0.2) is 29.9 Å². The summed E-state index contributed by atoms with van der Waals surface area (Å²) in [6, 6.07) is 6.39. The number of amides is 1. The fourth-order valence-electron chi connectivity index (χ4n) is 2.00. The number of nitrogens with two attached hydrogens (primary N) is 1. The van der Waals surface area contributed by atoms with Gasteiger partial charge in [-0.3, -0.25) is 4.79 Å². The summed E-state index contributed by atoms with van der Waals surface area (Å²) in [6.45, 7) is 9.33. The molecular formula is C15H24N2O. The first-order valence-corrected chi connectivity index (χ1v) is 6.51. The number of nitrogens with zero attached hydrogens (tertiary/aromatic N) is 1. The molecule has 0 bridgehead atoms. The Morgan fingerprint density at radius 3 is 2.44 bits per heavy atom. The third-order valence-electron chi connectivity index (χ3n) is 3.24. The number of carbonyl (C=O) groups is 1. The predicted molar refractivity (Wildman–Crippen MR) is 75.5 cm³/mol. The molecule has 18 heavy (non-hydrogen) atoms. The van der Waals surface area contributed by atoms with E-state index in [2.05, 4.69) is 26.0 Å². The van der Waals surface area contributed by atoms with Gasteiger partial charge in [-0.25, -0.2) is 0 Å². The van der Waals surface area contributed by atoms with Crippen LogP contribution < -0.4 is 5.73 Å². The minimum absolute atomic E-state index is 0.152. The highest BCUT2D eigenvalue weighted by Crippen LogP contribution is 2.12. The average molecular weight is 248 g/mol. The molecule has 0 saturated carbocycles. The van der Waals surface area contributed by atoms with Crippen molar-refractivity contribution in [2.24, 2.45) is 5.73 Å². The summed E-state index contributed by atoms with van der Waals surface area (Å²) < 4.78 is 0. The van der Waals surface area contributed by atoms with E-state index in [9.17, 15) is 4.79 Å². The quantitative estimate of drug-likeness (QED) is 0.866. The molecule has 0 saturated heterocycles. The topological polar surface area (TPSA) is 46.3 Å². The standard InChI is InChI=1S/C15H24N2O/c1-11(2)17(8-7-16)15(18)10-14-6-5-12(3)13(4)9-14/h5-6,9,11H,7-8,10,16H2,1-4H3. The number of hydrogen-bond donors (Lipinski definition) is 1. The van der Waals surface area contributed by atoms with Gasteiger partial charge in [-0.2, -0.15) is 0 Å². The molecule has 0 atom stereocenters. The van der Waals surface area contributed by atoms with Crippen molar-refractivity contribution >= 4 is 5.91 Å². The summed E-state index contributed by atoms with van der Waals surface area (Å²) in [5.74, 6) is 0.152. The molecule has 0 aliphatic heterocycles. The Kier molecular flexibility index (Phi) is 5.35. The highest BCUT2D eigenvalue weighted by Gasteiger charge is 2.16. The summed E-state index contributed by atoms with van der Waals surface area (Å²) in [6.07, 6.45) is 0.458. The maximum absolute atomic E-state index is 12.2. The molecule has 1 aromatic carbocycles. The highest BCUT2D eigenvalue weighted by atomic mass is 16.2. The molecular weight excluding hydrogens is 224 g/mol. The average Bonchev–Trinajstić information content (AvgIpc) is 2.30. The van der Waals surface area contributed by atoms with Crippen LogP contribution in [0.25, 0.3) is 0 Å². The van der Waals surface area contributed by atoms with Crippen LogP contribution in [-0.2, 0) is 11.2 Å². The largest absolute Gasteiger partial charge is 0.339 e. The summed E-state index contributed by atoms with van der Waals surface area (Å²) in [7, 11) is 0. The molecule has 0 aromatic heterocycles. The lowest BCUT2D eigenvalue weighted by Gasteiger charge is -2.26. The van der Waals surface area contributed by atoms with Crippen LogP contribution in [0.5, 0.6) is 0 Å². The minimum atomic E-state index is 0.152. The van der Waals surface area contributed by atoms with Crippen molar-refractivity contribution in [3.63, 3.8) is 0 Å². The van der Waals surface area contributed by atoms with E-state index < -0.39 is 0 Å². The lowest BCUT2D eigenvalue weighted by molar-refractivity contribution is -0.132. The zero-order valence-electron chi connectivity index (χ0n) is 11.9. The second-order valence-corrected chi connectivity index (χ2v) is 5.06. The van der Waals surface area contributed by atoms with Gasteiger partial charge in [-0.05, 0) is 44.4 Å². The zero-order chi connectivity index (χ0) is 13.7. The second-order valence-electron chi connectivity index (χ2n) is 5.06. The molecule has 0 fully saturated rings. The Morgan fingerprint density at radius 2 is 1.94 bits per heavy atom. The van der Waals surface area contributed by atoms with Crippen LogP contribution in [0.1, 0.15) is 30.5 Å². The fraction of sp³-hybridized carbons (Fsp3) is 0.533. The van der Waals surface area contributed by atoms with Gasteiger partial charge >= 0.3 is 0 Å². The molecule has 0 aliphatic rings. The molecule has 1 aromatic rings. The molecule has 0 spiro atoms. The second kappa shape index (κ2) is 6.55. The number of aryl methyl sites for hydroxylation is 2. The van der Waals surface area contributed by atoms with Crippen LogP contribution >= 0.6 is 0 Å². The summed E-state index contributed by atoms with van der Waals surface area (Å²) in [5.41, 5.74) is 9.11. The van der Waals surface area contributed by atoms with Crippen molar-refractivity contribution in [3.8, 4) is 0 Å². The van der Waals surface area contributed by atoms with E-state index in [-0.39, 0.29) is 11.9 Å². The van der Waals surface area contributed by atoms with Crippen molar-refractivity contribution < 1.29 is 4.79 Å². The monoisotopic (exact) mass is 248 g/mol. The number of carbonyl (C=O) groups excluding carboxylic acids is 1. The Bertz CT molecular complexity index is 413. The minimum Gasteiger partial charge on any atom is -0.339 e. The lowest BCUT2D eigenvalue weighted by Crippen LogP contribution is -2.41. The molecule has 2 N–H and O–H groups in total. The molecule has 1 amide bonds. The fourth-order valence-corrected chi connectivity index (χ4v) is 2.00. The SMILES string of the molecule is Cc1ccc(CC(=O)N(CCN)C(C)C)cc1C. The van der Waals surface area contributed by atoms with E-state index in [1.165, 1.54) is 11.1 Å². The summed E-state index contributed by atoms with van der Waals surface area (Å²) in [5, 5.41) is 0. The summed E-state index contributed by atoms with van der Waals surface area (Å²) in [4.78, 5) is 14.1. The van der Waals surface area contributed by atoms with E-state index in [4.69, 9.17) is 5.73 Å². The van der Waals surface area contributed by atoms with Gasteiger partial charge < -0.3 is 10.6 Å². The first kappa shape index (κ1) is 14.7. The van der Waals surface area contributed by atoms with Gasteiger partial charge in [0.05, 0.1) is 6.42 Å². The van der Waals surface area contributed by atoms with Gasteiger partial charge in [-0.15, -0.1) is 0 Å². The van der Waals surface area contributed by atoms with Crippen molar-refractivity contribution in [2.45, 2.75) is 40.2 Å². The predicted octanol–water partition coefficient (Wildman–Crippen LogP) is 2.04. The number of benzene rings is 1. The first-order valence-electron chi connectivity index (χ1n) is 6.51. The van der Waals surface area contributed by atoms with Gasteiger partial charge in [0, 0.05) is 19.1 Å². The van der Waals surface area contributed by atoms with Crippen molar-refractivity contribution in [3.05, 3.63) is 34.9 Å². The van der Waals surface area contributed by atoms with Crippen molar-refractivity contribution in [1.29, 1.82) is 0 Å². The van der Waals surface area contributed by atoms with Gasteiger partial charge in [0.15, 0.2) is 0 Å². The number of hydrogen-bond acceptors (Lipinski definition) is 2. The molecule has 3 nitrogen and oxygen atoms in total. The Labute approximate surface area is 110 Å². The Hall–Kier alpha value is -1.35. The van der Waals surface area contributed by atoms with E-state index in [0.29, 0.717) is 19.5 Å². The van der Waals surface area contributed by atoms with E-state index in [1.54, 1.807) is 0 Å². The molecule has 100 valence electrons. The molecule has 1 rings (SSSR count). The van der Waals surface area contributed by atoms with Gasteiger partial charge in [0.1, 0.15) is 0 Å². The van der Waals surface area contributed by atoms with E-state index in [0.717, 1.165) is 5.56 Å². The van der Waals surface area contributed by atoms with Crippen LogP contribution in [0, 0.1) is 13.8 Å². The van der Waals surface area contributed by atoms with Crippen molar-refractivity contribution in [2.75, 3.05) is 13.1 Å². The van der Waals surface area contributed by atoms with Crippen LogP contribution in [0.4, 0.5) is 0 Å². The summed E-state index contributed by atoms with van der Waals surface area (Å²) >= 11 is 0. The third-order valence-corrected chi connectivity index (χ3v) is 3.24. The van der Waals surface area contributed by atoms with Crippen molar-refractivity contribution in [1.82, 2.24) is 4.90 Å². The molecule has 0 unspecified atom stereocenters. The molecule has 0 aliphatic carbocycles. The van der Waals surface area contributed by atoms with Crippen LogP contribution in [0.15, 0.2) is 18.2 Å². The highest BCUT2D eigenvalue weighted by molar-refractivity contribution is 5.79. The van der Waals surface area contributed by atoms with E-state index >= 15 is 0 Å².